The Labute approximate surface area is 213 Å². The molecular weight excluding hydrogens is 483 g/mol. The number of aromatic nitrogens is 1. The van der Waals surface area contributed by atoms with Gasteiger partial charge in [0.2, 0.25) is 5.88 Å². The molecule has 3 unspecified atom stereocenters. The van der Waals surface area contributed by atoms with Gasteiger partial charge in [0.1, 0.15) is 5.75 Å². The first-order chi connectivity index (χ1) is 17.4. The molecule has 0 aliphatic heterocycles. The van der Waals surface area contributed by atoms with Crippen molar-refractivity contribution in [3.63, 3.8) is 0 Å². The minimum absolute atomic E-state index is 0.135. The van der Waals surface area contributed by atoms with Crippen molar-refractivity contribution in [2.24, 2.45) is 11.7 Å². The average Bonchev–Trinajstić information content (AvgIpc) is 2.87. The third kappa shape index (κ3) is 7.00. The van der Waals surface area contributed by atoms with Gasteiger partial charge in [-0.3, -0.25) is 4.79 Å². The van der Waals surface area contributed by atoms with E-state index in [0.29, 0.717) is 18.2 Å². The van der Waals surface area contributed by atoms with E-state index in [4.69, 9.17) is 15.2 Å². The molecule has 2 N–H and O–H groups in total. The summed E-state index contributed by atoms with van der Waals surface area (Å²) in [5, 5.41) is 9.40. The van der Waals surface area contributed by atoms with Gasteiger partial charge in [-0.05, 0) is 73.1 Å². The van der Waals surface area contributed by atoms with E-state index in [0.717, 1.165) is 29.0 Å². The lowest BCUT2D eigenvalue weighted by atomic mass is 9.77. The highest BCUT2D eigenvalue weighted by Crippen LogP contribution is 2.36. The Morgan fingerprint density at radius 1 is 1.14 bits per heavy atom. The summed E-state index contributed by atoms with van der Waals surface area (Å²) in [6, 6.07) is 18.9. The average molecular weight is 512 g/mol. The van der Waals surface area contributed by atoms with Crippen molar-refractivity contribution in [1.82, 2.24) is 4.98 Å². The Kier molecular flexibility index (Phi) is 8.43. The van der Waals surface area contributed by atoms with Crippen LogP contribution in [0.25, 0.3) is 0 Å². The van der Waals surface area contributed by atoms with Crippen LogP contribution < -0.4 is 15.2 Å². The van der Waals surface area contributed by atoms with Crippen LogP contribution in [-0.2, 0) is 17.4 Å². The van der Waals surface area contributed by atoms with Gasteiger partial charge in [-0.2, -0.15) is 18.4 Å². The van der Waals surface area contributed by atoms with Gasteiger partial charge in [-0.25, -0.2) is 4.98 Å². The number of hydrogen-bond donors (Lipinski definition) is 1. The molecule has 0 bridgehead atoms. The Bertz CT molecular complexity index is 1250. The number of nitriles is 1. The van der Waals surface area contributed by atoms with E-state index < -0.39 is 23.2 Å². The molecule has 0 radical (unpaired) electrons. The molecule has 37 heavy (non-hydrogen) atoms. The minimum Gasteiger partial charge on any atom is -0.497 e. The molecule has 6 nitrogen and oxygen atoms in total. The van der Waals surface area contributed by atoms with E-state index >= 15 is 0 Å². The second-order valence-corrected chi connectivity index (χ2v) is 9.16. The molecule has 0 aliphatic carbocycles. The van der Waals surface area contributed by atoms with Crippen molar-refractivity contribution in [2.75, 3.05) is 7.11 Å². The number of pyridine rings is 1. The van der Waals surface area contributed by atoms with E-state index in [1.807, 2.05) is 43.3 Å². The van der Waals surface area contributed by atoms with Crippen LogP contribution in [-0.4, -0.2) is 23.6 Å². The molecule has 0 fully saturated rings. The normalized spacial score (nSPS) is 14.6. The number of benzene rings is 2. The molecule has 194 valence electrons. The number of hydrogen-bond acceptors (Lipinski definition) is 5. The fraction of sp³-hybridized carbons (Fsp3) is 0.321. The van der Waals surface area contributed by atoms with Gasteiger partial charge < -0.3 is 15.2 Å². The highest BCUT2D eigenvalue weighted by atomic mass is 19.4. The standard InChI is InChI=1S/C28H28F3N3O3/c1-18(15-27(2,26(33)35)37-25-12-9-22(17-34-25)28(29,30)31)24(21-6-4-5-20(13-21)16-32)14-19-7-10-23(36-3)11-8-19/h4-13,17-18,24H,14-15H2,1-3H3,(H2,33,35). The van der Waals surface area contributed by atoms with Crippen LogP contribution in [0.3, 0.4) is 0 Å². The molecule has 1 amide bonds. The summed E-state index contributed by atoms with van der Waals surface area (Å²) in [5.41, 5.74) is 5.67. The Morgan fingerprint density at radius 2 is 1.84 bits per heavy atom. The van der Waals surface area contributed by atoms with Gasteiger partial charge in [0.25, 0.3) is 5.91 Å². The van der Waals surface area contributed by atoms with Crippen LogP contribution in [0.15, 0.2) is 66.9 Å². The molecule has 0 spiro atoms. The first kappa shape index (κ1) is 27.5. The van der Waals surface area contributed by atoms with E-state index in [1.165, 1.54) is 6.92 Å². The number of halogens is 3. The van der Waals surface area contributed by atoms with Gasteiger partial charge in [0.05, 0.1) is 24.3 Å². The van der Waals surface area contributed by atoms with Crippen molar-refractivity contribution >= 4 is 5.91 Å². The summed E-state index contributed by atoms with van der Waals surface area (Å²) in [5.74, 6) is -0.513. The van der Waals surface area contributed by atoms with Crippen molar-refractivity contribution in [1.29, 1.82) is 5.26 Å². The summed E-state index contributed by atoms with van der Waals surface area (Å²) < 4.78 is 49.7. The predicted octanol–water partition coefficient (Wildman–Crippen LogP) is 5.66. The maximum atomic E-state index is 12.9. The lowest BCUT2D eigenvalue weighted by Gasteiger charge is -2.33. The van der Waals surface area contributed by atoms with Gasteiger partial charge in [-0.1, -0.05) is 31.2 Å². The van der Waals surface area contributed by atoms with Crippen molar-refractivity contribution < 1.29 is 27.4 Å². The molecule has 1 heterocycles. The Morgan fingerprint density at radius 3 is 2.38 bits per heavy atom. The molecule has 3 atom stereocenters. The molecule has 2 aromatic carbocycles. The van der Waals surface area contributed by atoms with Crippen LogP contribution in [0.1, 0.15) is 48.4 Å². The quantitative estimate of drug-likeness (QED) is 0.379. The van der Waals surface area contributed by atoms with Crippen LogP contribution >= 0.6 is 0 Å². The number of nitrogens with zero attached hydrogens (tertiary/aromatic N) is 2. The zero-order valence-electron chi connectivity index (χ0n) is 20.8. The summed E-state index contributed by atoms with van der Waals surface area (Å²) in [7, 11) is 1.59. The number of carbonyl (C=O) groups excluding carboxylic acids is 1. The number of amides is 1. The number of carbonyl (C=O) groups is 1. The largest absolute Gasteiger partial charge is 0.497 e. The lowest BCUT2D eigenvalue weighted by Crippen LogP contribution is -2.48. The van der Waals surface area contributed by atoms with Gasteiger partial charge in [-0.15, -0.1) is 0 Å². The predicted molar refractivity (Wildman–Crippen MR) is 132 cm³/mol. The van der Waals surface area contributed by atoms with Gasteiger partial charge >= 0.3 is 6.18 Å². The zero-order chi connectivity index (χ0) is 27.2. The topological polar surface area (TPSA) is 98.2 Å². The first-order valence-corrected chi connectivity index (χ1v) is 11.6. The van der Waals surface area contributed by atoms with Crippen LogP contribution in [0.4, 0.5) is 13.2 Å². The Hall–Kier alpha value is -4.06. The van der Waals surface area contributed by atoms with Crippen LogP contribution in [0, 0.1) is 17.2 Å². The second-order valence-electron chi connectivity index (χ2n) is 9.16. The van der Waals surface area contributed by atoms with E-state index in [2.05, 4.69) is 11.1 Å². The molecule has 3 rings (SSSR count). The molecule has 0 saturated heterocycles. The SMILES string of the molecule is COc1ccc(CC(c2cccc(C#N)c2)C(C)CC(C)(Oc2ccc(C(F)(F)F)cn2)C(N)=O)cc1. The van der Waals surface area contributed by atoms with Gasteiger partial charge in [0.15, 0.2) is 5.60 Å². The van der Waals surface area contributed by atoms with E-state index in [9.17, 15) is 23.2 Å². The molecule has 9 heteroatoms. The highest BCUT2D eigenvalue weighted by molar-refractivity contribution is 5.83. The monoisotopic (exact) mass is 511 g/mol. The fourth-order valence-corrected chi connectivity index (χ4v) is 4.29. The highest BCUT2D eigenvalue weighted by Gasteiger charge is 2.38. The molecule has 0 aliphatic rings. The summed E-state index contributed by atoms with van der Waals surface area (Å²) in [6.45, 7) is 3.44. The maximum absolute atomic E-state index is 12.9. The minimum atomic E-state index is -4.54. The van der Waals surface area contributed by atoms with Gasteiger partial charge in [0, 0.05) is 12.3 Å². The molecule has 0 saturated carbocycles. The number of primary amides is 1. The molecular formula is C28H28F3N3O3. The number of alkyl halides is 3. The third-order valence-electron chi connectivity index (χ3n) is 6.37. The molecule has 3 aromatic rings. The second kappa shape index (κ2) is 11.3. The van der Waals surface area contributed by atoms with E-state index in [-0.39, 0.29) is 24.1 Å². The third-order valence-corrected chi connectivity index (χ3v) is 6.37. The Balaban J connectivity index is 1.90. The molecule has 1 aromatic heterocycles. The summed E-state index contributed by atoms with van der Waals surface area (Å²) in [6.07, 6.45) is -3.14. The number of ether oxygens (including phenoxy) is 2. The van der Waals surface area contributed by atoms with Crippen molar-refractivity contribution in [2.45, 2.75) is 44.4 Å². The smallest absolute Gasteiger partial charge is 0.417 e. The number of methoxy groups -OCH3 is 1. The lowest BCUT2D eigenvalue weighted by molar-refractivity contribution is -0.138. The van der Waals surface area contributed by atoms with E-state index in [1.54, 1.807) is 19.2 Å². The number of rotatable bonds is 10. The van der Waals surface area contributed by atoms with Crippen LogP contribution in [0.5, 0.6) is 11.6 Å². The summed E-state index contributed by atoms with van der Waals surface area (Å²) >= 11 is 0. The first-order valence-electron chi connectivity index (χ1n) is 11.6. The summed E-state index contributed by atoms with van der Waals surface area (Å²) in [4.78, 5) is 16.2. The number of nitrogens with two attached hydrogens (primary N) is 1. The van der Waals surface area contributed by atoms with Crippen molar-refractivity contribution in [3.8, 4) is 17.7 Å². The van der Waals surface area contributed by atoms with Crippen LogP contribution in [0.2, 0.25) is 0 Å². The fourth-order valence-electron chi connectivity index (χ4n) is 4.29. The maximum Gasteiger partial charge on any atom is 0.417 e. The van der Waals surface area contributed by atoms with Crippen molar-refractivity contribution in [3.05, 3.63) is 89.1 Å². The zero-order valence-corrected chi connectivity index (χ0v) is 20.8.